The summed E-state index contributed by atoms with van der Waals surface area (Å²) in [5.74, 6) is 0.729. The van der Waals surface area contributed by atoms with Crippen LogP contribution in [0.5, 0.6) is 0 Å². The molecular weight excluding hydrogens is 416 g/mol. The van der Waals surface area contributed by atoms with E-state index in [1.165, 1.54) is 5.56 Å². The number of likely N-dealkylation sites (tertiary alicyclic amines) is 1. The molecule has 3 aromatic rings. The molecule has 0 bridgehead atoms. The lowest BCUT2D eigenvalue weighted by Gasteiger charge is -2.40. The van der Waals surface area contributed by atoms with Gasteiger partial charge in [0.05, 0.1) is 5.69 Å². The largest absolute Gasteiger partial charge is 0.361 e. The van der Waals surface area contributed by atoms with Crippen LogP contribution in [0, 0.1) is 19.8 Å². The van der Waals surface area contributed by atoms with Gasteiger partial charge < -0.3 is 14.3 Å². The first-order chi connectivity index (χ1) is 16.0. The molecule has 1 aliphatic heterocycles. The topological polar surface area (TPSA) is 79.5 Å². The van der Waals surface area contributed by atoms with Gasteiger partial charge in [-0.05, 0) is 56.7 Å². The monoisotopic (exact) mass is 446 g/mol. The predicted octanol–water partition coefficient (Wildman–Crippen LogP) is 3.92. The highest BCUT2D eigenvalue weighted by atomic mass is 16.5. The molecule has 1 aromatic carbocycles. The Hall–Kier alpha value is -3.48. The standard InChI is InChI=1S/C26H30N4O3/c1-18-24(19(2)33-28-18)26(32)30-15-12-21(13-16-30)23(17-20-9-5-4-6-10-20)29(3)25(31)22-11-7-8-14-27-22/h4-11,14,21,23H,12-13,15-17H2,1-3H3/t23-/m0/s1. The van der Waals surface area contributed by atoms with Crippen LogP contribution in [-0.4, -0.2) is 57.9 Å². The van der Waals surface area contributed by atoms with Gasteiger partial charge in [-0.3, -0.25) is 14.6 Å². The highest BCUT2D eigenvalue weighted by Crippen LogP contribution is 2.28. The quantitative estimate of drug-likeness (QED) is 0.573. The molecule has 1 fully saturated rings. The number of pyridine rings is 1. The maximum Gasteiger partial charge on any atom is 0.272 e. The minimum Gasteiger partial charge on any atom is -0.361 e. The highest BCUT2D eigenvalue weighted by Gasteiger charge is 2.34. The lowest BCUT2D eigenvalue weighted by atomic mass is 9.84. The van der Waals surface area contributed by atoms with Crippen LogP contribution < -0.4 is 0 Å². The number of hydrogen-bond acceptors (Lipinski definition) is 5. The molecule has 0 spiro atoms. The number of aryl methyl sites for hydroxylation is 2. The molecule has 0 unspecified atom stereocenters. The van der Waals surface area contributed by atoms with Crippen LogP contribution in [0.4, 0.5) is 0 Å². The first kappa shape index (κ1) is 22.7. The molecule has 7 heteroatoms. The third-order valence-corrected chi connectivity index (χ3v) is 6.61. The number of amides is 2. The molecule has 33 heavy (non-hydrogen) atoms. The van der Waals surface area contributed by atoms with Crippen LogP contribution in [0.25, 0.3) is 0 Å². The fraction of sp³-hybridized carbons (Fsp3) is 0.385. The fourth-order valence-corrected chi connectivity index (χ4v) is 4.73. The van der Waals surface area contributed by atoms with Crippen molar-refractivity contribution in [2.45, 2.75) is 39.2 Å². The van der Waals surface area contributed by atoms with E-state index in [1.54, 1.807) is 26.1 Å². The van der Waals surface area contributed by atoms with Gasteiger partial charge in [-0.15, -0.1) is 0 Å². The SMILES string of the molecule is Cc1noc(C)c1C(=O)N1CCC([C@H](Cc2ccccc2)N(C)C(=O)c2ccccn2)CC1. The van der Waals surface area contributed by atoms with Gasteiger partial charge in [-0.1, -0.05) is 41.6 Å². The normalized spacial score (nSPS) is 15.3. The number of hydrogen-bond donors (Lipinski definition) is 0. The summed E-state index contributed by atoms with van der Waals surface area (Å²) in [6, 6.07) is 15.7. The zero-order chi connectivity index (χ0) is 23.4. The Morgan fingerprint density at radius 1 is 1.09 bits per heavy atom. The van der Waals surface area contributed by atoms with Crippen molar-refractivity contribution in [2.75, 3.05) is 20.1 Å². The number of benzene rings is 1. The molecule has 0 N–H and O–H groups in total. The van der Waals surface area contributed by atoms with Crippen molar-refractivity contribution in [3.63, 3.8) is 0 Å². The van der Waals surface area contributed by atoms with Gasteiger partial charge >= 0.3 is 0 Å². The molecule has 3 heterocycles. The third-order valence-electron chi connectivity index (χ3n) is 6.61. The molecule has 1 aliphatic rings. The number of likely N-dealkylation sites (N-methyl/N-ethyl adjacent to an activating group) is 1. The van der Waals surface area contributed by atoms with Gasteiger partial charge in [0, 0.05) is 32.4 Å². The van der Waals surface area contributed by atoms with E-state index >= 15 is 0 Å². The molecular formula is C26H30N4O3. The van der Waals surface area contributed by atoms with Gasteiger partial charge in [0.25, 0.3) is 11.8 Å². The number of aromatic nitrogens is 2. The van der Waals surface area contributed by atoms with Crippen molar-refractivity contribution in [3.05, 3.63) is 83.0 Å². The summed E-state index contributed by atoms with van der Waals surface area (Å²) < 4.78 is 5.19. The lowest BCUT2D eigenvalue weighted by molar-refractivity contribution is 0.0518. The number of carbonyl (C=O) groups is 2. The second-order valence-electron chi connectivity index (χ2n) is 8.72. The first-order valence-corrected chi connectivity index (χ1v) is 11.4. The molecule has 172 valence electrons. The third kappa shape index (κ3) is 4.97. The molecule has 1 atom stereocenters. The minimum absolute atomic E-state index is 0.0122. The summed E-state index contributed by atoms with van der Waals surface area (Å²) in [6.45, 7) is 4.85. The van der Waals surface area contributed by atoms with Crippen LogP contribution in [0.3, 0.4) is 0 Å². The van der Waals surface area contributed by atoms with Crippen molar-refractivity contribution in [1.29, 1.82) is 0 Å². The van der Waals surface area contributed by atoms with Crippen LogP contribution in [0.1, 0.15) is 50.7 Å². The second-order valence-corrected chi connectivity index (χ2v) is 8.72. The van der Waals surface area contributed by atoms with Crippen LogP contribution in [-0.2, 0) is 6.42 Å². The zero-order valence-electron chi connectivity index (χ0n) is 19.4. The van der Waals surface area contributed by atoms with Crippen molar-refractivity contribution in [1.82, 2.24) is 19.9 Å². The zero-order valence-corrected chi connectivity index (χ0v) is 19.4. The number of nitrogens with zero attached hydrogens (tertiary/aromatic N) is 4. The molecule has 2 amide bonds. The van der Waals surface area contributed by atoms with E-state index in [0.717, 1.165) is 19.3 Å². The van der Waals surface area contributed by atoms with Crippen molar-refractivity contribution >= 4 is 11.8 Å². The van der Waals surface area contributed by atoms with Crippen molar-refractivity contribution < 1.29 is 14.1 Å². The molecule has 0 saturated carbocycles. The number of carbonyl (C=O) groups excluding carboxylic acids is 2. The van der Waals surface area contributed by atoms with Crippen LogP contribution in [0.2, 0.25) is 0 Å². The van der Waals surface area contributed by atoms with Gasteiger partial charge in [-0.25, -0.2) is 0 Å². The summed E-state index contributed by atoms with van der Waals surface area (Å²) >= 11 is 0. The van der Waals surface area contributed by atoms with E-state index in [-0.39, 0.29) is 23.8 Å². The van der Waals surface area contributed by atoms with E-state index in [9.17, 15) is 9.59 Å². The van der Waals surface area contributed by atoms with E-state index < -0.39 is 0 Å². The Kier molecular flexibility index (Phi) is 6.87. The van der Waals surface area contributed by atoms with E-state index in [1.807, 2.05) is 47.2 Å². The first-order valence-electron chi connectivity index (χ1n) is 11.4. The molecule has 2 aromatic heterocycles. The summed E-state index contributed by atoms with van der Waals surface area (Å²) in [5, 5.41) is 3.92. The molecule has 0 aliphatic carbocycles. The maximum atomic E-state index is 13.2. The fourth-order valence-electron chi connectivity index (χ4n) is 4.73. The molecule has 7 nitrogen and oxygen atoms in total. The van der Waals surface area contributed by atoms with E-state index in [4.69, 9.17) is 4.52 Å². The van der Waals surface area contributed by atoms with Gasteiger partial charge in [0.2, 0.25) is 0 Å². The summed E-state index contributed by atoms with van der Waals surface area (Å²) in [7, 11) is 1.87. The Bertz CT molecular complexity index is 1070. The van der Waals surface area contributed by atoms with E-state index in [2.05, 4.69) is 22.3 Å². The van der Waals surface area contributed by atoms with E-state index in [0.29, 0.717) is 35.8 Å². The average molecular weight is 447 g/mol. The highest BCUT2D eigenvalue weighted by molar-refractivity contribution is 5.96. The number of piperidine rings is 1. The molecule has 1 saturated heterocycles. The van der Waals surface area contributed by atoms with Gasteiger partial charge in [-0.2, -0.15) is 0 Å². The summed E-state index contributed by atoms with van der Waals surface area (Å²) in [5.41, 5.74) is 2.83. The Balaban J connectivity index is 1.50. The van der Waals surface area contributed by atoms with Gasteiger partial charge in [0.1, 0.15) is 17.0 Å². The van der Waals surface area contributed by atoms with Crippen molar-refractivity contribution in [2.24, 2.45) is 5.92 Å². The predicted molar refractivity (Wildman–Crippen MR) is 125 cm³/mol. The average Bonchev–Trinajstić information content (AvgIpc) is 3.20. The van der Waals surface area contributed by atoms with Gasteiger partial charge in [0.15, 0.2) is 0 Å². The summed E-state index contributed by atoms with van der Waals surface area (Å²) in [4.78, 5) is 34.2. The van der Waals surface area contributed by atoms with Crippen LogP contribution >= 0.6 is 0 Å². The lowest BCUT2D eigenvalue weighted by Crippen LogP contribution is -2.48. The Morgan fingerprint density at radius 2 is 1.79 bits per heavy atom. The number of rotatable bonds is 6. The minimum atomic E-state index is -0.0780. The molecule has 4 rings (SSSR count). The Labute approximate surface area is 194 Å². The maximum absolute atomic E-state index is 13.2. The van der Waals surface area contributed by atoms with Crippen molar-refractivity contribution in [3.8, 4) is 0 Å². The van der Waals surface area contributed by atoms with Crippen LogP contribution in [0.15, 0.2) is 59.3 Å². The molecule has 0 radical (unpaired) electrons. The smallest absolute Gasteiger partial charge is 0.272 e. The summed E-state index contributed by atoms with van der Waals surface area (Å²) in [6.07, 6.45) is 4.06. The second kappa shape index (κ2) is 9.98. The Morgan fingerprint density at radius 3 is 2.39 bits per heavy atom.